The van der Waals surface area contributed by atoms with E-state index in [-0.39, 0.29) is 11.6 Å². The van der Waals surface area contributed by atoms with Crippen molar-refractivity contribution in [1.82, 2.24) is 9.78 Å². The molecule has 0 aliphatic carbocycles. The third-order valence-corrected chi connectivity index (χ3v) is 4.78. The van der Waals surface area contributed by atoms with E-state index >= 15 is 0 Å². The average molecular weight is 343 g/mol. The Kier molecular flexibility index (Phi) is 4.86. The quantitative estimate of drug-likeness (QED) is 0.913. The van der Waals surface area contributed by atoms with Crippen LogP contribution in [0.15, 0.2) is 15.5 Å². The van der Waals surface area contributed by atoms with Gasteiger partial charge < -0.3 is 10.6 Å². The maximum atomic E-state index is 12.3. The molecule has 2 rings (SSSR count). The average Bonchev–Trinajstić information content (AvgIpc) is 2.42. The fourth-order valence-corrected chi connectivity index (χ4v) is 3.23. The van der Waals surface area contributed by atoms with Crippen molar-refractivity contribution in [2.45, 2.75) is 45.7 Å². The van der Waals surface area contributed by atoms with E-state index in [1.165, 1.54) is 4.68 Å². The molecule has 2 atom stereocenters. The number of rotatable bonds is 3. The fraction of sp³-hybridized carbons (Fsp3) is 0.714. The molecule has 1 saturated heterocycles. The molecule has 112 valence electrons. The van der Waals surface area contributed by atoms with Gasteiger partial charge in [-0.3, -0.25) is 4.79 Å². The highest BCUT2D eigenvalue weighted by Crippen LogP contribution is 2.30. The number of halogens is 1. The molecule has 0 saturated carbocycles. The summed E-state index contributed by atoms with van der Waals surface area (Å²) in [4.78, 5) is 14.6. The minimum absolute atomic E-state index is 0.0587. The molecule has 20 heavy (non-hydrogen) atoms. The number of anilines is 1. The van der Waals surface area contributed by atoms with E-state index in [1.54, 1.807) is 6.20 Å². The lowest BCUT2D eigenvalue weighted by molar-refractivity contribution is 0.372. The Balaban J connectivity index is 2.37. The highest BCUT2D eigenvalue weighted by molar-refractivity contribution is 9.10. The molecule has 1 aliphatic heterocycles. The molecule has 2 unspecified atom stereocenters. The first-order valence-electron chi connectivity index (χ1n) is 7.19. The van der Waals surface area contributed by atoms with Crippen LogP contribution in [0.4, 0.5) is 5.69 Å². The van der Waals surface area contributed by atoms with Crippen LogP contribution in [0.25, 0.3) is 0 Å². The van der Waals surface area contributed by atoms with Crippen LogP contribution in [0, 0.1) is 5.92 Å². The molecule has 2 N–H and O–H groups in total. The molecule has 2 heterocycles. The van der Waals surface area contributed by atoms with Gasteiger partial charge >= 0.3 is 0 Å². The zero-order chi connectivity index (χ0) is 14.9. The van der Waals surface area contributed by atoms with Crippen LogP contribution in [0.1, 0.15) is 39.7 Å². The van der Waals surface area contributed by atoms with Gasteiger partial charge in [0.05, 0.1) is 17.9 Å². The number of aromatic nitrogens is 2. The van der Waals surface area contributed by atoms with Crippen LogP contribution in [0.5, 0.6) is 0 Å². The lowest BCUT2D eigenvalue weighted by Gasteiger charge is -2.39. The molecule has 6 heteroatoms. The van der Waals surface area contributed by atoms with Crippen LogP contribution in [-0.4, -0.2) is 28.9 Å². The standard InChI is InChI=1S/C14H23BrN4O/c1-9(2)19-14(20)13(15)12(7-17-19)18-8-11(6-16)5-4-10(18)3/h7,9-11H,4-6,8,16H2,1-3H3. The molecular formula is C14H23BrN4O. The zero-order valence-electron chi connectivity index (χ0n) is 12.3. The predicted octanol–water partition coefficient (Wildman–Crippen LogP) is 2.15. The minimum atomic E-state index is -0.0698. The summed E-state index contributed by atoms with van der Waals surface area (Å²) in [7, 11) is 0. The number of piperidine rings is 1. The Morgan fingerprint density at radius 2 is 2.20 bits per heavy atom. The van der Waals surface area contributed by atoms with Crippen molar-refractivity contribution >= 4 is 21.6 Å². The van der Waals surface area contributed by atoms with E-state index in [0.29, 0.717) is 23.0 Å². The second kappa shape index (κ2) is 6.26. The highest BCUT2D eigenvalue weighted by Gasteiger charge is 2.27. The largest absolute Gasteiger partial charge is 0.366 e. The molecule has 1 aliphatic rings. The van der Waals surface area contributed by atoms with E-state index in [4.69, 9.17) is 5.73 Å². The first-order chi connectivity index (χ1) is 9.45. The van der Waals surface area contributed by atoms with Gasteiger partial charge in [0, 0.05) is 12.6 Å². The zero-order valence-corrected chi connectivity index (χ0v) is 13.9. The normalized spacial score (nSPS) is 23.4. The van der Waals surface area contributed by atoms with Gasteiger partial charge in [-0.25, -0.2) is 4.68 Å². The Morgan fingerprint density at radius 3 is 2.80 bits per heavy atom. The summed E-state index contributed by atoms with van der Waals surface area (Å²) in [5.41, 5.74) is 6.62. The van der Waals surface area contributed by atoms with Gasteiger partial charge in [0.15, 0.2) is 0 Å². The Bertz CT molecular complexity index is 528. The summed E-state index contributed by atoms with van der Waals surface area (Å²) >= 11 is 3.46. The van der Waals surface area contributed by atoms with Gasteiger partial charge in [0.2, 0.25) is 0 Å². The highest BCUT2D eigenvalue weighted by atomic mass is 79.9. The lowest BCUT2D eigenvalue weighted by atomic mass is 9.93. The van der Waals surface area contributed by atoms with E-state index in [9.17, 15) is 4.79 Å². The molecule has 5 nitrogen and oxygen atoms in total. The smallest absolute Gasteiger partial charge is 0.283 e. The van der Waals surface area contributed by atoms with Crippen LogP contribution < -0.4 is 16.2 Å². The molecule has 1 aromatic heterocycles. The number of nitrogens with two attached hydrogens (primary N) is 1. The predicted molar refractivity (Wildman–Crippen MR) is 85.2 cm³/mol. The third-order valence-electron chi connectivity index (χ3n) is 4.04. The summed E-state index contributed by atoms with van der Waals surface area (Å²) < 4.78 is 2.11. The Labute approximate surface area is 128 Å². The van der Waals surface area contributed by atoms with E-state index < -0.39 is 0 Å². The topological polar surface area (TPSA) is 64.2 Å². The Morgan fingerprint density at radius 1 is 1.50 bits per heavy atom. The van der Waals surface area contributed by atoms with Crippen molar-refractivity contribution < 1.29 is 0 Å². The summed E-state index contributed by atoms with van der Waals surface area (Å²) in [5.74, 6) is 0.491. The van der Waals surface area contributed by atoms with Crippen molar-refractivity contribution in [1.29, 1.82) is 0 Å². The molecule has 0 spiro atoms. The van der Waals surface area contributed by atoms with E-state index in [2.05, 4.69) is 32.9 Å². The van der Waals surface area contributed by atoms with Crippen LogP contribution in [0.3, 0.4) is 0 Å². The summed E-state index contributed by atoms with van der Waals surface area (Å²) in [5, 5.41) is 4.30. The number of hydrogen-bond acceptors (Lipinski definition) is 4. The number of nitrogens with zero attached hydrogens (tertiary/aromatic N) is 3. The fourth-order valence-electron chi connectivity index (χ4n) is 2.71. The van der Waals surface area contributed by atoms with Crippen LogP contribution >= 0.6 is 15.9 Å². The van der Waals surface area contributed by atoms with Crippen molar-refractivity contribution in [3.8, 4) is 0 Å². The maximum absolute atomic E-state index is 12.3. The Hall–Kier alpha value is -0.880. The third kappa shape index (κ3) is 2.91. The summed E-state index contributed by atoms with van der Waals surface area (Å²) in [6.45, 7) is 7.68. The number of hydrogen-bond donors (Lipinski definition) is 1. The molecule has 0 bridgehead atoms. The molecule has 1 fully saturated rings. The van der Waals surface area contributed by atoms with Gasteiger partial charge in [0.1, 0.15) is 4.47 Å². The first-order valence-corrected chi connectivity index (χ1v) is 7.99. The van der Waals surface area contributed by atoms with Crippen molar-refractivity contribution in [2.75, 3.05) is 18.0 Å². The lowest BCUT2D eigenvalue weighted by Crippen LogP contribution is -2.45. The van der Waals surface area contributed by atoms with Crippen LogP contribution in [0.2, 0.25) is 0 Å². The van der Waals surface area contributed by atoms with Crippen molar-refractivity contribution in [2.24, 2.45) is 11.7 Å². The van der Waals surface area contributed by atoms with Crippen molar-refractivity contribution in [3.63, 3.8) is 0 Å². The monoisotopic (exact) mass is 342 g/mol. The van der Waals surface area contributed by atoms with Gasteiger partial charge in [-0.15, -0.1) is 0 Å². The first kappa shape index (κ1) is 15.5. The molecule has 0 aromatic carbocycles. The molecular weight excluding hydrogens is 320 g/mol. The van der Waals surface area contributed by atoms with Crippen LogP contribution in [-0.2, 0) is 0 Å². The second-order valence-electron chi connectivity index (χ2n) is 5.87. The molecule has 0 radical (unpaired) electrons. The second-order valence-corrected chi connectivity index (χ2v) is 6.66. The molecule has 1 aromatic rings. The van der Waals surface area contributed by atoms with Gasteiger partial charge in [-0.1, -0.05) is 0 Å². The van der Waals surface area contributed by atoms with E-state index in [1.807, 2.05) is 13.8 Å². The maximum Gasteiger partial charge on any atom is 0.283 e. The van der Waals surface area contributed by atoms with Crippen molar-refractivity contribution in [3.05, 3.63) is 21.0 Å². The SMILES string of the molecule is CC1CCC(CN)CN1c1cnn(C(C)C)c(=O)c1Br. The van der Waals surface area contributed by atoms with E-state index in [0.717, 1.165) is 25.1 Å². The summed E-state index contributed by atoms with van der Waals surface area (Å²) in [6, 6.07) is 0.466. The molecule has 0 amide bonds. The summed E-state index contributed by atoms with van der Waals surface area (Å²) in [6.07, 6.45) is 4.05. The van der Waals surface area contributed by atoms with Gasteiger partial charge in [-0.05, 0) is 62.0 Å². The van der Waals surface area contributed by atoms with Gasteiger partial charge in [-0.2, -0.15) is 5.10 Å². The minimum Gasteiger partial charge on any atom is -0.366 e. The van der Waals surface area contributed by atoms with Gasteiger partial charge in [0.25, 0.3) is 5.56 Å².